The van der Waals surface area contributed by atoms with Gasteiger partial charge in [-0.05, 0) is 43.7 Å². The van der Waals surface area contributed by atoms with Crippen molar-refractivity contribution >= 4 is 10.0 Å². The van der Waals surface area contributed by atoms with Crippen molar-refractivity contribution in [2.75, 3.05) is 13.1 Å². The standard InChI is InChI=1S/C13H17F3N2O2S/c14-13(15,16)10-4-6-12(7-5-10)21(19,20)18-11-3-1-2-8-17-9-11/h4-7,11,17-18H,1-3,8-9H2. The molecule has 21 heavy (non-hydrogen) atoms. The van der Waals surface area contributed by atoms with E-state index in [2.05, 4.69) is 10.0 Å². The lowest BCUT2D eigenvalue weighted by Crippen LogP contribution is -2.40. The molecule has 1 aromatic rings. The first-order valence-corrected chi connectivity index (χ1v) is 8.18. The van der Waals surface area contributed by atoms with Gasteiger partial charge in [-0.3, -0.25) is 0 Å². The summed E-state index contributed by atoms with van der Waals surface area (Å²) in [6.45, 7) is 1.37. The van der Waals surface area contributed by atoms with Gasteiger partial charge in [-0.2, -0.15) is 13.2 Å². The number of sulfonamides is 1. The summed E-state index contributed by atoms with van der Waals surface area (Å²) in [6, 6.07) is 3.28. The van der Waals surface area contributed by atoms with Crippen molar-refractivity contribution in [3.63, 3.8) is 0 Å². The van der Waals surface area contributed by atoms with Gasteiger partial charge in [-0.1, -0.05) is 6.42 Å². The Morgan fingerprint density at radius 1 is 1.14 bits per heavy atom. The SMILES string of the molecule is O=S(=O)(NC1CCCCNC1)c1ccc(C(F)(F)F)cc1. The molecule has 0 saturated carbocycles. The monoisotopic (exact) mass is 322 g/mol. The van der Waals surface area contributed by atoms with Crippen LogP contribution in [0.3, 0.4) is 0 Å². The number of rotatable bonds is 3. The Labute approximate surface area is 121 Å². The Balaban J connectivity index is 2.11. The fourth-order valence-corrected chi connectivity index (χ4v) is 3.50. The fourth-order valence-electron chi connectivity index (χ4n) is 2.23. The van der Waals surface area contributed by atoms with E-state index in [0.717, 1.165) is 43.7 Å². The quantitative estimate of drug-likeness (QED) is 0.896. The molecule has 1 fully saturated rings. The predicted octanol–water partition coefficient (Wildman–Crippen LogP) is 2.13. The normalized spacial score (nSPS) is 21.0. The number of alkyl halides is 3. The largest absolute Gasteiger partial charge is 0.416 e. The Morgan fingerprint density at radius 3 is 2.43 bits per heavy atom. The van der Waals surface area contributed by atoms with Crippen molar-refractivity contribution in [2.45, 2.75) is 36.4 Å². The van der Waals surface area contributed by atoms with Crippen molar-refractivity contribution < 1.29 is 21.6 Å². The maximum absolute atomic E-state index is 12.5. The van der Waals surface area contributed by atoms with E-state index < -0.39 is 21.8 Å². The van der Waals surface area contributed by atoms with Gasteiger partial charge in [0.1, 0.15) is 0 Å². The third kappa shape index (κ3) is 4.42. The van der Waals surface area contributed by atoms with Gasteiger partial charge in [0.2, 0.25) is 10.0 Å². The van der Waals surface area contributed by atoms with Crippen molar-refractivity contribution in [1.82, 2.24) is 10.0 Å². The van der Waals surface area contributed by atoms with Crippen LogP contribution >= 0.6 is 0 Å². The topological polar surface area (TPSA) is 58.2 Å². The van der Waals surface area contributed by atoms with Crippen LogP contribution in [0, 0.1) is 0 Å². The second kappa shape index (κ2) is 6.33. The van der Waals surface area contributed by atoms with Crippen LogP contribution in [0.1, 0.15) is 24.8 Å². The van der Waals surface area contributed by atoms with Gasteiger partial charge in [0.25, 0.3) is 0 Å². The highest BCUT2D eigenvalue weighted by Gasteiger charge is 2.31. The maximum atomic E-state index is 12.5. The summed E-state index contributed by atoms with van der Waals surface area (Å²) in [5.41, 5.74) is -0.863. The molecular weight excluding hydrogens is 305 g/mol. The lowest BCUT2D eigenvalue weighted by molar-refractivity contribution is -0.137. The molecule has 0 bridgehead atoms. The Morgan fingerprint density at radius 2 is 1.81 bits per heavy atom. The van der Waals surface area contributed by atoms with Crippen LogP contribution in [0.4, 0.5) is 13.2 Å². The van der Waals surface area contributed by atoms with Crippen LogP contribution in [-0.4, -0.2) is 27.5 Å². The van der Waals surface area contributed by atoms with Crippen molar-refractivity contribution in [1.29, 1.82) is 0 Å². The lowest BCUT2D eigenvalue weighted by atomic mass is 10.2. The molecule has 0 spiro atoms. The predicted molar refractivity (Wildman–Crippen MR) is 72.3 cm³/mol. The van der Waals surface area contributed by atoms with Crippen molar-refractivity contribution in [3.05, 3.63) is 29.8 Å². The minimum absolute atomic E-state index is 0.153. The summed E-state index contributed by atoms with van der Waals surface area (Å²) < 4.78 is 64.2. The lowest BCUT2D eigenvalue weighted by Gasteiger charge is -2.17. The number of halogens is 3. The molecule has 1 atom stereocenters. The zero-order valence-electron chi connectivity index (χ0n) is 11.3. The highest BCUT2D eigenvalue weighted by Crippen LogP contribution is 2.29. The molecule has 1 aromatic carbocycles. The van der Waals surface area contributed by atoms with E-state index >= 15 is 0 Å². The minimum Gasteiger partial charge on any atom is -0.315 e. The van der Waals surface area contributed by atoms with Crippen molar-refractivity contribution in [3.8, 4) is 0 Å². The zero-order valence-corrected chi connectivity index (χ0v) is 12.1. The van der Waals surface area contributed by atoms with Gasteiger partial charge in [0, 0.05) is 12.6 Å². The van der Waals surface area contributed by atoms with E-state index in [1.54, 1.807) is 0 Å². The summed E-state index contributed by atoms with van der Waals surface area (Å²) in [7, 11) is -3.80. The van der Waals surface area contributed by atoms with Gasteiger partial charge in [-0.15, -0.1) is 0 Å². The van der Waals surface area contributed by atoms with E-state index in [9.17, 15) is 21.6 Å². The van der Waals surface area contributed by atoms with Gasteiger partial charge in [-0.25, -0.2) is 13.1 Å². The molecule has 8 heteroatoms. The van der Waals surface area contributed by atoms with E-state index in [1.165, 1.54) is 0 Å². The van der Waals surface area contributed by atoms with E-state index in [4.69, 9.17) is 0 Å². The number of benzene rings is 1. The Kier molecular flexibility index (Phi) is 4.90. The van der Waals surface area contributed by atoms with Gasteiger partial charge in [0.05, 0.1) is 10.5 Å². The highest BCUT2D eigenvalue weighted by molar-refractivity contribution is 7.89. The van der Waals surface area contributed by atoms with Crippen LogP contribution in [0.15, 0.2) is 29.2 Å². The van der Waals surface area contributed by atoms with Crippen LogP contribution in [0.2, 0.25) is 0 Å². The third-order valence-electron chi connectivity index (χ3n) is 3.36. The smallest absolute Gasteiger partial charge is 0.315 e. The maximum Gasteiger partial charge on any atom is 0.416 e. The first kappa shape index (κ1) is 16.3. The summed E-state index contributed by atoms with van der Waals surface area (Å²) >= 11 is 0. The first-order valence-electron chi connectivity index (χ1n) is 6.69. The summed E-state index contributed by atoms with van der Waals surface area (Å²) in [5, 5.41) is 3.12. The van der Waals surface area contributed by atoms with Crippen LogP contribution in [-0.2, 0) is 16.2 Å². The minimum atomic E-state index is -4.47. The summed E-state index contributed by atoms with van der Waals surface area (Å²) in [4.78, 5) is -0.153. The van der Waals surface area contributed by atoms with Crippen LogP contribution in [0.5, 0.6) is 0 Å². The molecule has 1 aliphatic rings. The van der Waals surface area contributed by atoms with E-state index in [-0.39, 0.29) is 10.9 Å². The molecule has 1 heterocycles. The van der Waals surface area contributed by atoms with E-state index in [1.807, 2.05) is 0 Å². The second-order valence-electron chi connectivity index (χ2n) is 5.04. The van der Waals surface area contributed by atoms with E-state index in [0.29, 0.717) is 13.0 Å². The second-order valence-corrected chi connectivity index (χ2v) is 6.75. The molecule has 0 radical (unpaired) electrons. The highest BCUT2D eigenvalue weighted by atomic mass is 32.2. The Bertz CT molecular complexity index is 562. The third-order valence-corrected chi connectivity index (χ3v) is 4.90. The number of nitrogens with one attached hydrogen (secondary N) is 2. The zero-order chi connectivity index (χ0) is 15.5. The van der Waals surface area contributed by atoms with Gasteiger partial charge >= 0.3 is 6.18 Å². The fraction of sp³-hybridized carbons (Fsp3) is 0.538. The molecule has 1 unspecified atom stereocenters. The van der Waals surface area contributed by atoms with Gasteiger partial charge < -0.3 is 5.32 Å². The van der Waals surface area contributed by atoms with Crippen LogP contribution in [0.25, 0.3) is 0 Å². The number of hydrogen-bond donors (Lipinski definition) is 2. The molecule has 4 nitrogen and oxygen atoms in total. The molecule has 0 amide bonds. The Hall–Kier alpha value is -1.12. The molecule has 2 N–H and O–H groups in total. The van der Waals surface area contributed by atoms with Crippen LogP contribution < -0.4 is 10.0 Å². The summed E-state index contributed by atoms with van der Waals surface area (Å²) in [6.07, 6.45) is -1.86. The van der Waals surface area contributed by atoms with Crippen molar-refractivity contribution in [2.24, 2.45) is 0 Å². The average molecular weight is 322 g/mol. The molecule has 118 valence electrons. The average Bonchev–Trinajstić information content (AvgIpc) is 2.66. The first-order chi connectivity index (χ1) is 9.79. The molecule has 1 aliphatic heterocycles. The molecule has 1 saturated heterocycles. The van der Waals surface area contributed by atoms with Gasteiger partial charge in [0.15, 0.2) is 0 Å². The summed E-state index contributed by atoms with van der Waals surface area (Å²) in [5.74, 6) is 0. The molecule has 2 rings (SSSR count). The molecule has 0 aromatic heterocycles. The molecular formula is C13H17F3N2O2S. The number of hydrogen-bond acceptors (Lipinski definition) is 3. The molecule has 0 aliphatic carbocycles.